The van der Waals surface area contributed by atoms with E-state index in [1.54, 1.807) is 0 Å². The molecule has 4 heteroatoms. The van der Waals surface area contributed by atoms with Crippen LogP contribution >= 0.6 is 0 Å². The Morgan fingerprint density at radius 1 is 0.306 bits per heavy atom. The van der Waals surface area contributed by atoms with Crippen molar-refractivity contribution in [2.45, 2.75) is 0 Å². The average Bonchev–Trinajstić information content (AvgIpc) is 3.52. The fourth-order valence-electron chi connectivity index (χ4n) is 6.70. The molecule has 0 unspecified atom stereocenters. The molecule has 9 rings (SSSR count). The molecule has 0 aliphatic rings. The van der Waals surface area contributed by atoms with Gasteiger partial charge in [-0.15, -0.1) is 0 Å². The molecule has 0 saturated carbocycles. The number of para-hydroxylation sites is 1. The molecule has 49 heavy (non-hydrogen) atoms. The van der Waals surface area contributed by atoms with Gasteiger partial charge < -0.3 is 4.57 Å². The SMILES string of the molecule is c1ccc(-c2ccc3c4ccccc4n(-c4ccc(-c5nc(-c6ccccc6)nc(-c6ccccc6)n5)cc4-c4ccccc4)c3c2)cc1. The molecular formula is C45H30N4. The van der Waals surface area contributed by atoms with Crippen molar-refractivity contribution in [3.8, 4) is 62.1 Å². The predicted octanol–water partition coefficient (Wildman–Crippen LogP) is 11.3. The van der Waals surface area contributed by atoms with Gasteiger partial charge in [-0.25, -0.2) is 15.0 Å². The van der Waals surface area contributed by atoms with Crippen molar-refractivity contribution in [2.24, 2.45) is 0 Å². The fourth-order valence-corrected chi connectivity index (χ4v) is 6.70. The molecule has 0 aliphatic carbocycles. The molecule has 2 aromatic heterocycles. The van der Waals surface area contributed by atoms with Crippen molar-refractivity contribution in [3.63, 3.8) is 0 Å². The number of hydrogen-bond acceptors (Lipinski definition) is 3. The summed E-state index contributed by atoms with van der Waals surface area (Å²) in [6.07, 6.45) is 0. The van der Waals surface area contributed by atoms with Crippen LogP contribution in [0.5, 0.6) is 0 Å². The van der Waals surface area contributed by atoms with Gasteiger partial charge in [-0.2, -0.15) is 0 Å². The summed E-state index contributed by atoms with van der Waals surface area (Å²) in [5.41, 5.74) is 10.8. The first-order valence-corrected chi connectivity index (χ1v) is 16.5. The van der Waals surface area contributed by atoms with E-state index < -0.39 is 0 Å². The predicted molar refractivity (Wildman–Crippen MR) is 201 cm³/mol. The minimum absolute atomic E-state index is 0.630. The molecule has 7 aromatic carbocycles. The summed E-state index contributed by atoms with van der Waals surface area (Å²) in [4.78, 5) is 15.0. The maximum Gasteiger partial charge on any atom is 0.164 e. The van der Waals surface area contributed by atoms with Crippen molar-refractivity contribution in [1.82, 2.24) is 19.5 Å². The van der Waals surface area contributed by atoms with E-state index in [2.05, 4.69) is 126 Å². The van der Waals surface area contributed by atoms with Gasteiger partial charge in [0.25, 0.3) is 0 Å². The zero-order valence-corrected chi connectivity index (χ0v) is 26.6. The Morgan fingerprint density at radius 2 is 0.776 bits per heavy atom. The molecule has 9 aromatic rings. The molecule has 0 saturated heterocycles. The van der Waals surface area contributed by atoms with Crippen LogP contribution in [-0.4, -0.2) is 19.5 Å². The van der Waals surface area contributed by atoms with E-state index in [4.69, 9.17) is 15.0 Å². The largest absolute Gasteiger partial charge is 0.309 e. The summed E-state index contributed by atoms with van der Waals surface area (Å²) in [5.74, 6) is 1.92. The van der Waals surface area contributed by atoms with Gasteiger partial charge in [0, 0.05) is 33.0 Å². The van der Waals surface area contributed by atoms with E-state index >= 15 is 0 Å². The van der Waals surface area contributed by atoms with Crippen molar-refractivity contribution in [2.75, 3.05) is 0 Å². The van der Waals surface area contributed by atoms with Crippen LogP contribution in [0.15, 0.2) is 182 Å². The summed E-state index contributed by atoms with van der Waals surface area (Å²) in [7, 11) is 0. The van der Waals surface area contributed by atoms with E-state index in [0.29, 0.717) is 17.5 Å². The second-order valence-corrected chi connectivity index (χ2v) is 12.1. The first-order valence-electron chi connectivity index (χ1n) is 16.5. The Balaban J connectivity index is 1.29. The highest BCUT2D eigenvalue weighted by molar-refractivity contribution is 6.10. The van der Waals surface area contributed by atoms with Gasteiger partial charge in [-0.05, 0) is 47.0 Å². The third-order valence-corrected chi connectivity index (χ3v) is 9.06. The molecule has 0 amide bonds. The molecule has 0 spiro atoms. The lowest BCUT2D eigenvalue weighted by atomic mass is 9.99. The zero-order valence-electron chi connectivity index (χ0n) is 26.6. The van der Waals surface area contributed by atoms with Crippen LogP contribution in [0.3, 0.4) is 0 Å². The summed E-state index contributed by atoms with van der Waals surface area (Å²) in [6.45, 7) is 0. The standard InChI is InChI=1S/C45H30N4/c1-5-15-31(16-6-1)35-25-27-38-37-23-13-14-24-40(37)49(42(38)30-35)41-28-26-36(29-39(41)32-17-7-2-8-18-32)45-47-43(33-19-9-3-10-20-33)46-44(48-45)34-21-11-4-12-22-34/h1-30H. The van der Waals surface area contributed by atoms with E-state index in [0.717, 1.165) is 44.5 Å². The molecule has 0 radical (unpaired) electrons. The van der Waals surface area contributed by atoms with Gasteiger partial charge in [0.1, 0.15) is 0 Å². The number of nitrogens with zero attached hydrogens (tertiary/aromatic N) is 4. The second kappa shape index (κ2) is 12.2. The minimum Gasteiger partial charge on any atom is -0.309 e. The van der Waals surface area contributed by atoms with Crippen LogP contribution in [0, 0.1) is 0 Å². The lowest BCUT2D eigenvalue weighted by Gasteiger charge is -2.16. The summed E-state index contributed by atoms with van der Waals surface area (Å²) in [5, 5.41) is 2.44. The van der Waals surface area contributed by atoms with Crippen LogP contribution in [-0.2, 0) is 0 Å². The summed E-state index contributed by atoms with van der Waals surface area (Å²) in [6, 6.07) is 63.4. The first kappa shape index (κ1) is 28.6. The first-order chi connectivity index (χ1) is 24.3. The summed E-state index contributed by atoms with van der Waals surface area (Å²) >= 11 is 0. The maximum absolute atomic E-state index is 5.04. The van der Waals surface area contributed by atoms with Crippen molar-refractivity contribution in [1.29, 1.82) is 0 Å². The Bertz CT molecular complexity index is 2520. The molecule has 0 aliphatic heterocycles. The van der Waals surface area contributed by atoms with Crippen LogP contribution in [0.25, 0.3) is 83.9 Å². The van der Waals surface area contributed by atoms with Crippen LogP contribution in [0.4, 0.5) is 0 Å². The van der Waals surface area contributed by atoms with E-state index in [1.165, 1.54) is 21.9 Å². The number of aromatic nitrogens is 4. The van der Waals surface area contributed by atoms with Crippen molar-refractivity contribution >= 4 is 21.8 Å². The van der Waals surface area contributed by atoms with Gasteiger partial charge in [-0.3, -0.25) is 0 Å². The topological polar surface area (TPSA) is 43.6 Å². The van der Waals surface area contributed by atoms with Crippen LogP contribution < -0.4 is 0 Å². The molecule has 0 atom stereocenters. The number of hydrogen-bond donors (Lipinski definition) is 0. The molecule has 2 heterocycles. The van der Waals surface area contributed by atoms with Crippen molar-refractivity contribution < 1.29 is 0 Å². The monoisotopic (exact) mass is 626 g/mol. The molecule has 0 bridgehead atoms. The lowest BCUT2D eigenvalue weighted by molar-refractivity contribution is 1.07. The fraction of sp³-hybridized carbons (Fsp3) is 0. The molecule has 0 fully saturated rings. The summed E-state index contributed by atoms with van der Waals surface area (Å²) < 4.78 is 2.40. The quantitative estimate of drug-likeness (QED) is 0.184. The third kappa shape index (κ3) is 5.26. The Kier molecular flexibility index (Phi) is 7.10. The number of fused-ring (bicyclic) bond motifs is 3. The van der Waals surface area contributed by atoms with Crippen LogP contribution in [0.1, 0.15) is 0 Å². The normalized spacial score (nSPS) is 11.3. The Hall–Kier alpha value is -6.65. The Labute approximate surface area is 284 Å². The number of rotatable bonds is 6. The highest BCUT2D eigenvalue weighted by Crippen LogP contribution is 2.39. The lowest BCUT2D eigenvalue weighted by Crippen LogP contribution is -2.02. The van der Waals surface area contributed by atoms with Gasteiger partial charge in [0.15, 0.2) is 17.5 Å². The van der Waals surface area contributed by atoms with E-state index in [-0.39, 0.29) is 0 Å². The molecule has 4 nitrogen and oxygen atoms in total. The van der Waals surface area contributed by atoms with Gasteiger partial charge in [0.2, 0.25) is 0 Å². The third-order valence-electron chi connectivity index (χ3n) is 9.06. The minimum atomic E-state index is 0.630. The van der Waals surface area contributed by atoms with Crippen molar-refractivity contribution in [3.05, 3.63) is 182 Å². The molecule has 0 N–H and O–H groups in total. The number of benzene rings is 7. The van der Waals surface area contributed by atoms with Gasteiger partial charge in [0.05, 0.1) is 16.7 Å². The molecule has 230 valence electrons. The smallest absolute Gasteiger partial charge is 0.164 e. The average molecular weight is 627 g/mol. The maximum atomic E-state index is 5.04. The van der Waals surface area contributed by atoms with E-state index in [9.17, 15) is 0 Å². The van der Waals surface area contributed by atoms with E-state index in [1.807, 2.05) is 60.7 Å². The zero-order chi connectivity index (χ0) is 32.6. The highest BCUT2D eigenvalue weighted by Gasteiger charge is 2.19. The van der Waals surface area contributed by atoms with Gasteiger partial charge in [-0.1, -0.05) is 152 Å². The van der Waals surface area contributed by atoms with Gasteiger partial charge >= 0.3 is 0 Å². The Morgan fingerprint density at radius 3 is 1.39 bits per heavy atom. The second-order valence-electron chi connectivity index (χ2n) is 12.1. The highest BCUT2D eigenvalue weighted by atomic mass is 15.0. The van der Waals surface area contributed by atoms with Crippen LogP contribution in [0.2, 0.25) is 0 Å². The molecular weight excluding hydrogens is 597 g/mol.